The van der Waals surface area contributed by atoms with Crippen LogP contribution in [0.1, 0.15) is 34.6 Å². The van der Waals surface area contributed by atoms with Crippen molar-refractivity contribution in [3.63, 3.8) is 0 Å². The Labute approximate surface area is 156 Å². The zero-order valence-corrected chi connectivity index (χ0v) is 14.3. The molecule has 0 aliphatic carbocycles. The Morgan fingerprint density at radius 3 is 1.93 bits per heavy atom. The minimum absolute atomic E-state index is 0.0424. The predicted octanol–water partition coefficient (Wildman–Crippen LogP) is 5.50. The average molecular weight is 406 g/mol. The van der Waals surface area contributed by atoms with Crippen LogP contribution in [0.4, 0.5) is 26.3 Å². The number of rotatable bonds is 7. The molecule has 0 bridgehead atoms. The van der Waals surface area contributed by atoms with E-state index < -0.39 is 42.0 Å². The second-order valence-corrected chi connectivity index (χ2v) is 6.13. The van der Waals surface area contributed by atoms with E-state index in [1.165, 1.54) is 0 Å². The largest absolute Gasteiger partial charge is 0.481 e. The molecule has 0 aromatic heterocycles. The number of hydrogen-bond acceptors (Lipinski definition) is 2. The maximum Gasteiger partial charge on any atom is 0.416 e. The zero-order chi connectivity index (χ0) is 20.9. The van der Waals surface area contributed by atoms with Gasteiger partial charge in [0.2, 0.25) is 0 Å². The van der Waals surface area contributed by atoms with Gasteiger partial charge in [-0.1, -0.05) is 30.3 Å². The monoisotopic (exact) mass is 406 g/mol. The van der Waals surface area contributed by atoms with Gasteiger partial charge in [-0.3, -0.25) is 4.79 Å². The second-order valence-electron chi connectivity index (χ2n) is 6.13. The number of benzene rings is 2. The predicted molar refractivity (Wildman–Crippen MR) is 87.5 cm³/mol. The number of carboxylic acid groups (broad SMARTS) is 1. The lowest BCUT2D eigenvalue weighted by atomic mass is 9.97. The molecule has 0 fully saturated rings. The van der Waals surface area contributed by atoms with Gasteiger partial charge < -0.3 is 9.84 Å². The van der Waals surface area contributed by atoms with Crippen LogP contribution in [0.25, 0.3) is 0 Å². The Hall–Kier alpha value is -2.55. The summed E-state index contributed by atoms with van der Waals surface area (Å²) in [6, 6.07) is 9.66. The third-order valence-electron chi connectivity index (χ3n) is 3.93. The molecule has 2 aromatic rings. The minimum Gasteiger partial charge on any atom is -0.481 e. The fraction of sp³-hybridized carbons (Fsp3) is 0.316. The van der Waals surface area contributed by atoms with Gasteiger partial charge >= 0.3 is 18.3 Å². The highest BCUT2D eigenvalue weighted by atomic mass is 19.4. The summed E-state index contributed by atoms with van der Waals surface area (Å²) in [5, 5.41) is 9.01. The van der Waals surface area contributed by atoms with Gasteiger partial charge in [-0.05, 0) is 29.3 Å². The van der Waals surface area contributed by atoms with E-state index in [1.807, 2.05) is 0 Å². The van der Waals surface area contributed by atoms with Crippen molar-refractivity contribution in [3.05, 3.63) is 70.8 Å². The molecule has 1 N–H and O–H groups in total. The maximum atomic E-state index is 12.9. The molecule has 2 aromatic carbocycles. The normalized spacial score (nSPS) is 13.4. The Bertz CT molecular complexity index is 767. The van der Waals surface area contributed by atoms with Crippen LogP contribution in [0.2, 0.25) is 0 Å². The molecule has 0 aliphatic rings. The average Bonchev–Trinajstić information content (AvgIpc) is 2.59. The summed E-state index contributed by atoms with van der Waals surface area (Å²) in [5.74, 6) is -1.69. The number of carbonyl (C=O) groups is 1. The summed E-state index contributed by atoms with van der Waals surface area (Å²) in [7, 11) is 0. The first-order valence-corrected chi connectivity index (χ1v) is 8.09. The van der Waals surface area contributed by atoms with Gasteiger partial charge in [0, 0.05) is 5.92 Å². The van der Waals surface area contributed by atoms with Gasteiger partial charge in [0.15, 0.2) is 0 Å². The molecular formula is C19H16F6O3. The molecule has 152 valence electrons. The summed E-state index contributed by atoms with van der Waals surface area (Å²) in [5.41, 5.74) is -2.51. The van der Waals surface area contributed by atoms with Crippen molar-refractivity contribution >= 4 is 5.97 Å². The van der Waals surface area contributed by atoms with Crippen molar-refractivity contribution in [3.8, 4) is 0 Å². The van der Waals surface area contributed by atoms with E-state index in [0.717, 1.165) is 0 Å². The second kappa shape index (κ2) is 8.64. The molecule has 0 aliphatic heterocycles. The van der Waals surface area contributed by atoms with Gasteiger partial charge in [0.05, 0.1) is 30.8 Å². The van der Waals surface area contributed by atoms with Crippen LogP contribution in [0.3, 0.4) is 0 Å². The van der Waals surface area contributed by atoms with Crippen LogP contribution in [0.15, 0.2) is 48.5 Å². The number of carboxylic acids is 1. The molecular weight excluding hydrogens is 390 g/mol. The summed E-state index contributed by atoms with van der Waals surface area (Å²) in [6.07, 6.45) is -10.2. The summed E-state index contributed by atoms with van der Waals surface area (Å²) >= 11 is 0. The number of aliphatic carboxylic acids is 1. The van der Waals surface area contributed by atoms with E-state index in [-0.39, 0.29) is 24.7 Å². The molecule has 1 unspecified atom stereocenters. The summed E-state index contributed by atoms with van der Waals surface area (Å²) in [4.78, 5) is 11.0. The molecule has 0 amide bonds. The van der Waals surface area contributed by atoms with Gasteiger partial charge in [-0.2, -0.15) is 26.3 Å². The van der Waals surface area contributed by atoms with E-state index in [2.05, 4.69) is 0 Å². The van der Waals surface area contributed by atoms with Crippen LogP contribution in [0, 0.1) is 0 Å². The van der Waals surface area contributed by atoms with Crippen LogP contribution in [-0.2, 0) is 28.5 Å². The highest BCUT2D eigenvalue weighted by molar-refractivity contribution is 5.68. The first kappa shape index (κ1) is 21.7. The topological polar surface area (TPSA) is 46.5 Å². The molecule has 0 heterocycles. The van der Waals surface area contributed by atoms with Crippen molar-refractivity contribution in [2.45, 2.75) is 31.3 Å². The maximum absolute atomic E-state index is 12.9. The number of ether oxygens (including phenoxy) is 1. The van der Waals surface area contributed by atoms with Gasteiger partial charge in [0.1, 0.15) is 0 Å². The van der Waals surface area contributed by atoms with Crippen molar-refractivity contribution in [2.75, 3.05) is 6.61 Å². The molecule has 0 spiro atoms. The fourth-order valence-electron chi connectivity index (χ4n) is 2.63. The molecule has 1 atom stereocenters. The third-order valence-corrected chi connectivity index (χ3v) is 3.93. The Kier molecular flexibility index (Phi) is 6.71. The molecule has 9 heteroatoms. The Morgan fingerprint density at radius 2 is 1.46 bits per heavy atom. The summed E-state index contributed by atoms with van der Waals surface area (Å²) < 4.78 is 82.5. The molecule has 2 rings (SSSR count). The molecule has 3 nitrogen and oxygen atoms in total. The molecule has 28 heavy (non-hydrogen) atoms. The standard InChI is InChI=1S/C19H16F6O3/c20-18(21,22)15-6-12(7-16(9-15)19(23,24)25)10-28-11-14(8-17(26)27)13-4-2-1-3-5-13/h1-7,9,14H,8,10-11H2,(H,26,27). The van der Waals surface area contributed by atoms with Gasteiger partial charge in [-0.15, -0.1) is 0 Å². The van der Waals surface area contributed by atoms with Crippen molar-refractivity contribution in [2.24, 2.45) is 0 Å². The summed E-state index contributed by atoms with van der Waals surface area (Å²) in [6.45, 7) is -0.691. The van der Waals surface area contributed by atoms with Crippen LogP contribution >= 0.6 is 0 Å². The third kappa shape index (κ3) is 6.26. The molecule has 0 saturated heterocycles. The fourth-order valence-corrected chi connectivity index (χ4v) is 2.63. The number of hydrogen-bond donors (Lipinski definition) is 1. The van der Waals surface area contributed by atoms with Crippen LogP contribution in [0.5, 0.6) is 0 Å². The first-order valence-electron chi connectivity index (χ1n) is 8.09. The zero-order valence-electron chi connectivity index (χ0n) is 14.3. The lowest BCUT2D eigenvalue weighted by Crippen LogP contribution is -2.14. The number of alkyl halides is 6. The lowest BCUT2D eigenvalue weighted by Gasteiger charge is -2.17. The molecule has 0 radical (unpaired) electrons. The highest BCUT2D eigenvalue weighted by Gasteiger charge is 2.36. The van der Waals surface area contributed by atoms with E-state index in [1.54, 1.807) is 30.3 Å². The van der Waals surface area contributed by atoms with E-state index in [0.29, 0.717) is 17.7 Å². The van der Waals surface area contributed by atoms with Crippen LogP contribution in [-0.4, -0.2) is 17.7 Å². The first-order chi connectivity index (χ1) is 13.0. The van der Waals surface area contributed by atoms with Crippen molar-refractivity contribution < 1.29 is 41.0 Å². The van der Waals surface area contributed by atoms with Crippen LogP contribution < -0.4 is 0 Å². The number of halogens is 6. The van der Waals surface area contributed by atoms with Crippen molar-refractivity contribution in [1.29, 1.82) is 0 Å². The van der Waals surface area contributed by atoms with E-state index >= 15 is 0 Å². The smallest absolute Gasteiger partial charge is 0.416 e. The minimum atomic E-state index is -4.94. The van der Waals surface area contributed by atoms with Gasteiger partial charge in [0.25, 0.3) is 0 Å². The quantitative estimate of drug-likeness (QED) is 0.618. The van der Waals surface area contributed by atoms with Crippen molar-refractivity contribution in [1.82, 2.24) is 0 Å². The Balaban J connectivity index is 2.17. The Morgan fingerprint density at radius 1 is 0.929 bits per heavy atom. The van der Waals surface area contributed by atoms with E-state index in [9.17, 15) is 31.1 Å². The highest BCUT2D eigenvalue weighted by Crippen LogP contribution is 2.36. The van der Waals surface area contributed by atoms with E-state index in [4.69, 9.17) is 9.84 Å². The van der Waals surface area contributed by atoms with Gasteiger partial charge in [-0.25, -0.2) is 0 Å². The lowest BCUT2D eigenvalue weighted by molar-refractivity contribution is -0.143. The molecule has 0 saturated carbocycles. The SMILES string of the molecule is O=C(O)CC(COCc1cc(C(F)(F)F)cc(C(F)(F)F)c1)c1ccccc1.